The summed E-state index contributed by atoms with van der Waals surface area (Å²) in [5.74, 6) is -1.36. The highest BCUT2D eigenvalue weighted by Crippen LogP contribution is 2.35. The Morgan fingerprint density at radius 1 is 1.62 bits per heavy atom. The molecule has 0 spiro atoms. The van der Waals surface area contributed by atoms with E-state index in [1.807, 2.05) is 0 Å². The normalized spacial score (nSPS) is 27.2. The molecule has 0 bridgehead atoms. The van der Waals surface area contributed by atoms with Crippen LogP contribution in [0, 0.1) is 0 Å². The Morgan fingerprint density at radius 2 is 2.29 bits per heavy atom. The summed E-state index contributed by atoms with van der Waals surface area (Å²) in [6.07, 6.45) is -3.91. The lowest BCUT2D eigenvalue weighted by Crippen LogP contribution is -2.31. The van der Waals surface area contributed by atoms with E-state index in [4.69, 9.17) is 21.3 Å². The van der Waals surface area contributed by atoms with E-state index in [1.165, 1.54) is 0 Å². The van der Waals surface area contributed by atoms with Gasteiger partial charge in [-0.25, -0.2) is 13.6 Å². The lowest BCUT2D eigenvalue weighted by molar-refractivity contribution is -0.0322. The van der Waals surface area contributed by atoms with Gasteiger partial charge in [-0.2, -0.15) is 4.98 Å². The van der Waals surface area contributed by atoms with Crippen molar-refractivity contribution < 1.29 is 23.4 Å². The number of hydrogen-bond donors (Lipinski definition) is 3. The monoisotopic (exact) mass is 302 g/mol. The van der Waals surface area contributed by atoms with E-state index < -0.39 is 48.1 Å². The predicted molar refractivity (Wildman–Crippen MR) is 66.5 cm³/mol. The van der Waals surface area contributed by atoms with E-state index in [1.54, 1.807) is 0 Å². The molecule has 1 aliphatic rings. The summed E-state index contributed by atoms with van der Waals surface area (Å²) < 4.78 is 32.4. The molecule has 114 valence electrons. The number of alkyl halides is 1. The first-order valence-electron chi connectivity index (χ1n) is 5.79. The Bertz CT molecular complexity index is 660. The number of hydrogen-bond acceptors (Lipinski definition) is 6. The average molecular weight is 302 g/mol. The van der Waals surface area contributed by atoms with Crippen LogP contribution in [0.25, 0.3) is 0 Å². The molecule has 0 aromatic carbocycles. The number of anilines is 1. The van der Waals surface area contributed by atoms with Crippen molar-refractivity contribution in [2.45, 2.75) is 18.5 Å². The number of carbonyl (C=O) groups excluding carboxylic acids is 1. The third-order valence-electron chi connectivity index (χ3n) is 3.04. The number of primary amides is 1. The number of rotatable bonds is 3. The molecule has 10 heteroatoms. The molecule has 0 aliphatic carbocycles. The lowest BCUT2D eigenvalue weighted by atomic mass is 10.1. The zero-order valence-corrected chi connectivity index (χ0v) is 10.6. The average Bonchev–Trinajstić information content (AvgIpc) is 2.74. The van der Waals surface area contributed by atoms with Gasteiger partial charge in [0.05, 0.1) is 18.5 Å². The van der Waals surface area contributed by atoms with Crippen molar-refractivity contribution in [1.82, 2.24) is 9.55 Å². The van der Waals surface area contributed by atoms with E-state index in [9.17, 15) is 18.4 Å². The minimum atomic E-state index is -1.94. The van der Waals surface area contributed by atoms with Crippen LogP contribution in [0.4, 0.5) is 14.6 Å². The molecule has 1 saturated heterocycles. The molecular weight excluding hydrogens is 290 g/mol. The topological polar surface area (TPSA) is 133 Å². The molecule has 5 N–H and O–H groups in total. The molecule has 0 radical (unpaired) electrons. The highest BCUT2D eigenvalue weighted by atomic mass is 19.1. The van der Waals surface area contributed by atoms with Gasteiger partial charge in [-0.1, -0.05) is 0 Å². The van der Waals surface area contributed by atoms with Crippen molar-refractivity contribution in [3.63, 3.8) is 0 Å². The summed E-state index contributed by atoms with van der Waals surface area (Å²) in [6, 6.07) is 0. The van der Waals surface area contributed by atoms with Crippen LogP contribution < -0.4 is 17.2 Å². The summed E-state index contributed by atoms with van der Waals surface area (Å²) in [5.41, 5.74) is 8.64. The largest absolute Gasteiger partial charge is 0.394 e. The zero-order chi connectivity index (χ0) is 15.7. The number of aliphatic hydroxyl groups is 1. The SMILES string of the molecule is NC(=O)c1cn(C2OC(CO)C(F)C2=CF)c(=O)nc1N. The van der Waals surface area contributed by atoms with Gasteiger partial charge < -0.3 is 21.3 Å². The van der Waals surface area contributed by atoms with Gasteiger partial charge in [0, 0.05) is 11.8 Å². The molecule has 3 atom stereocenters. The maximum Gasteiger partial charge on any atom is 0.351 e. The number of nitrogens with zero attached hydrogens (tertiary/aromatic N) is 2. The van der Waals surface area contributed by atoms with Crippen LogP contribution in [0.3, 0.4) is 0 Å². The summed E-state index contributed by atoms with van der Waals surface area (Å²) in [7, 11) is 0. The van der Waals surface area contributed by atoms with Crippen molar-refractivity contribution >= 4 is 11.7 Å². The first-order chi connectivity index (χ1) is 9.90. The number of carbonyl (C=O) groups is 1. The molecular formula is C11H12F2N4O4. The van der Waals surface area contributed by atoms with Crippen LogP contribution >= 0.6 is 0 Å². The minimum Gasteiger partial charge on any atom is -0.394 e. The molecule has 1 aromatic heterocycles. The Kier molecular flexibility index (Phi) is 4.00. The quantitative estimate of drug-likeness (QED) is 0.656. The fourth-order valence-electron chi connectivity index (χ4n) is 1.98. The van der Waals surface area contributed by atoms with Gasteiger partial charge in [0.1, 0.15) is 11.9 Å². The molecule has 1 fully saturated rings. The van der Waals surface area contributed by atoms with Crippen LogP contribution in [0.1, 0.15) is 16.6 Å². The van der Waals surface area contributed by atoms with Gasteiger partial charge in [-0.3, -0.25) is 9.36 Å². The number of halogens is 2. The number of aromatic nitrogens is 2. The van der Waals surface area contributed by atoms with Crippen molar-refractivity contribution in [3.05, 3.63) is 34.1 Å². The molecule has 3 unspecified atom stereocenters. The second kappa shape index (κ2) is 5.58. The summed E-state index contributed by atoms with van der Waals surface area (Å²) >= 11 is 0. The van der Waals surface area contributed by atoms with Gasteiger partial charge in [0.2, 0.25) is 0 Å². The summed E-state index contributed by atoms with van der Waals surface area (Å²) in [4.78, 5) is 26.3. The van der Waals surface area contributed by atoms with Crippen molar-refractivity contribution in [3.8, 4) is 0 Å². The molecule has 21 heavy (non-hydrogen) atoms. The van der Waals surface area contributed by atoms with E-state index >= 15 is 0 Å². The molecule has 2 rings (SSSR count). The Morgan fingerprint density at radius 3 is 2.81 bits per heavy atom. The first-order valence-corrected chi connectivity index (χ1v) is 5.79. The van der Waals surface area contributed by atoms with Gasteiger partial charge in [-0.05, 0) is 0 Å². The molecule has 0 saturated carbocycles. The summed E-state index contributed by atoms with van der Waals surface area (Å²) in [5, 5.41) is 8.96. The fourth-order valence-corrected chi connectivity index (χ4v) is 1.98. The first kappa shape index (κ1) is 15.1. The molecule has 2 heterocycles. The molecule has 1 amide bonds. The number of nitrogen functional groups attached to an aromatic ring is 1. The standard InChI is InChI=1S/C11H12F2N4O4/c12-1-4-7(13)6(3-18)21-10(4)17-2-5(9(15)19)8(14)16-11(17)20/h1-2,6-7,10,18H,3H2,(H2,15,19)(H2,14,16,20). The van der Waals surface area contributed by atoms with Crippen molar-refractivity contribution in [2.24, 2.45) is 5.73 Å². The van der Waals surface area contributed by atoms with Crippen LogP contribution in [-0.2, 0) is 4.74 Å². The molecule has 1 aromatic rings. The third-order valence-corrected chi connectivity index (χ3v) is 3.04. The maximum absolute atomic E-state index is 13.8. The number of ether oxygens (including phenoxy) is 1. The summed E-state index contributed by atoms with van der Waals surface area (Å²) in [6.45, 7) is -0.713. The Labute approximate surface area is 116 Å². The number of amides is 1. The third kappa shape index (κ3) is 2.50. The van der Waals surface area contributed by atoms with Gasteiger partial charge in [0.25, 0.3) is 5.91 Å². The van der Waals surface area contributed by atoms with Gasteiger partial charge in [0.15, 0.2) is 12.4 Å². The van der Waals surface area contributed by atoms with Crippen molar-refractivity contribution in [2.75, 3.05) is 12.3 Å². The maximum atomic E-state index is 13.8. The minimum absolute atomic E-state index is 0.0578. The second-order valence-electron chi connectivity index (χ2n) is 4.31. The predicted octanol–water partition coefficient (Wildman–Crippen LogP) is -0.994. The number of aliphatic hydroxyl groups excluding tert-OH is 1. The van der Waals surface area contributed by atoms with Crippen LogP contribution in [0.15, 0.2) is 22.9 Å². The Hall–Kier alpha value is -2.33. The van der Waals surface area contributed by atoms with E-state index in [2.05, 4.69) is 4.98 Å². The molecule has 8 nitrogen and oxygen atoms in total. The lowest BCUT2D eigenvalue weighted by Gasteiger charge is -2.15. The molecule has 1 aliphatic heterocycles. The zero-order valence-electron chi connectivity index (χ0n) is 10.6. The van der Waals surface area contributed by atoms with E-state index in [-0.39, 0.29) is 11.9 Å². The van der Waals surface area contributed by atoms with Gasteiger partial charge in [-0.15, -0.1) is 0 Å². The smallest absolute Gasteiger partial charge is 0.351 e. The highest BCUT2D eigenvalue weighted by Gasteiger charge is 2.42. The van der Waals surface area contributed by atoms with E-state index in [0.29, 0.717) is 4.57 Å². The van der Waals surface area contributed by atoms with Crippen LogP contribution in [0.5, 0.6) is 0 Å². The van der Waals surface area contributed by atoms with Crippen molar-refractivity contribution in [1.29, 1.82) is 0 Å². The van der Waals surface area contributed by atoms with Crippen LogP contribution in [-0.4, -0.2) is 39.4 Å². The Balaban J connectivity index is 2.54. The highest BCUT2D eigenvalue weighted by molar-refractivity contribution is 5.96. The second-order valence-corrected chi connectivity index (χ2v) is 4.31. The van der Waals surface area contributed by atoms with Crippen LogP contribution in [0.2, 0.25) is 0 Å². The van der Waals surface area contributed by atoms with E-state index in [0.717, 1.165) is 6.20 Å². The fraction of sp³-hybridized carbons (Fsp3) is 0.364. The van der Waals surface area contributed by atoms with Gasteiger partial charge >= 0.3 is 5.69 Å². The number of nitrogens with two attached hydrogens (primary N) is 2.